The molecule has 2 N–H and O–H groups in total. The average molecular weight is 367 g/mol. The number of rotatable bonds is 6. The van der Waals surface area contributed by atoms with E-state index in [1.165, 1.54) is 17.0 Å². The van der Waals surface area contributed by atoms with Gasteiger partial charge in [-0.05, 0) is 24.1 Å². The number of hydrogen-bond acceptors (Lipinski definition) is 5. The van der Waals surface area contributed by atoms with Gasteiger partial charge in [0.25, 0.3) is 11.7 Å². The Morgan fingerprint density at radius 3 is 2.52 bits per heavy atom. The molecule has 1 saturated heterocycles. The molecule has 2 aromatic carbocycles. The number of carbonyl (C=O) groups is 2. The molecule has 0 unspecified atom stereocenters. The number of aromatic hydroxyl groups is 1. The Morgan fingerprint density at radius 2 is 1.85 bits per heavy atom. The monoisotopic (exact) mass is 367 g/mol. The van der Waals surface area contributed by atoms with Gasteiger partial charge >= 0.3 is 0 Å². The number of ketones is 1. The van der Waals surface area contributed by atoms with Crippen molar-refractivity contribution in [3.05, 3.63) is 71.3 Å². The summed E-state index contributed by atoms with van der Waals surface area (Å²) in [4.78, 5) is 26.8. The molecule has 1 amide bonds. The molecule has 3 rings (SSSR count). The second-order valence-electron chi connectivity index (χ2n) is 6.30. The number of likely N-dealkylation sites (tertiary alicyclic amines) is 1. The largest absolute Gasteiger partial charge is 0.508 e. The number of ether oxygens (including phenoxy) is 1. The van der Waals surface area contributed by atoms with E-state index in [9.17, 15) is 19.8 Å². The van der Waals surface area contributed by atoms with E-state index in [4.69, 9.17) is 4.74 Å². The lowest BCUT2D eigenvalue weighted by molar-refractivity contribution is -0.140. The summed E-state index contributed by atoms with van der Waals surface area (Å²) in [6, 6.07) is 14.2. The van der Waals surface area contributed by atoms with Crippen LogP contribution < -0.4 is 0 Å². The maximum absolute atomic E-state index is 12.7. The summed E-state index contributed by atoms with van der Waals surface area (Å²) in [6.45, 7) is 0.735. The smallest absolute Gasteiger partial charge is 0.295 e. The maximum atomic E-state index is 12.7. The highest BCUT2D eigenvalue weighted by Crippen LogP contribution is 2.40. The minimum Gasteiger partial charge on any atom is -0.508 e. The van der Waals surface area contributed by atoms with Gasteiger partial charge in [-0.25, -0.2) is 0 Å². The first-order valence-electron chi connectivity index (χ1n) is 8.66. The SMILES string of the molecule is COCCCN1C(=O)C(=O)/C(=C(/O)c2ccccc2)[C@H]1c1cccc(O)c1. The molecule has 0 aromatic heterocycles. The Kier molecular flexibility index (Phi) is 5.57. The van der Waals surface area contributed by atoms with Gasteiger partial charge in [0.15, 0.2) is 0 Å². The second-order valence-corrected chi connectivity index (χ2v) is 6.30. The van der Waals surface area contributed by atoms with Crippen molar-refractivity contribution in [1.29, 1.82) is 0 Å². The van der Waals surface area contributed by atoms with E-state index in [2.05, 4.69) is 0 Å². The fourth-order valence-electron chi connectivity index (χ4n) is 3.28. The molecule has 140 valence electrons. The summed E-state index contributed by atoms with van der Waals surface area (Å²) >= 11 is 0. The molecule has 0 radical (unpaired) electrons. The van der Waals surface area contributed by atoms with Crippen molar-refractivity contribution < 1.29 is 24.5 Å². The molecule has 0 saturated carbocycles. The normalized spacial score (nSPS) is 18.9. The van der Waals surface area contributed by atoms with Gasteiger partial charge in [-0.15, -0.1) is 0 Å². The zero-order chi connectivity index (χ0) is 19.4. The molecule has 1 atom stereocenters. The molecular weight excluding hydrogens is 346 g/mol. The van der Waals surface area contributed by atoms with Crippen LogP contribution in [0.5, 0.6) is 5.75 Å². The molecule has 0 aliphatic carbocycles. The van der Waals surface area contributed by atoms with Crippen LogP contribution in [0.25, 0.3) is 5.76 Å². The Balaban J connectivity index is 2.12. The first-order valence-corrected chi connectivity index (χ1v) is 8.66. The number of aliphatic hydroxyl groups is 1. The number of methoxy groups -OCH3 is 1. The van der Waals surface area contributed by atoms with E-state index >= 15 is 0 Å². The quantitative estimate of drug-likeness (QED) is 0.355. The van der Waals surface area contributed by atoms with Crippen molar-refractivity contribution in [1.82, 2.24) is 4.90 Å². The van der Waals surface area contributed by atoms with Crippen LogP contribution >= 0.6 is 0 Å². The van der Waals surface area contributed by atoms with E-state index in [0.717, 1.165) is 0 Å². The Morgan fingerprint density at radius 1 is 1.11 bits per heavy atom. The van der Waals surface area contributed by atoms with Crippen molar-refractivity contribution in [2.24, 2.45) is 0 Å². The van der Waals surface area contributed by atoms with E-state index in [0.29, 0.717) is 30.7 Å². The molecule has 6 nitrogen and oxygen atoms in total. The van der Waals surface area contributed by atoms with Crippen LogP contribution in [0.1, 0.15) is 23.6 Å². The van der Waals surface area contributed by atoms with Crippen molar-refractivity contribution in [2.45, 2.75) is 12.5 Å². The first-order chi connectivity index (χ1) is 13.0. The van der Waals surface area contributed by atoms with E-state index in [-0.39, 0.29) is 17.1 Å². The van der Waals surface area contributed by atoms with Gasteiger partial charge in [0.1, 0.15) is 11.5 Å². The first kappa shape index (κ1) is 18.7. The highest BCUT2D eigenvalue weighted by Gasteiger charge is 2.45. The summed E-state index contributed by atoms with van der Waals surface area (Å²) in [5, 5.41) is 20.7. The third-order valence-electron chi connectivity index (χ3n) is 4.52. The highest BCUT2D eigenvalue weighted by atomic mass is 16.5. The molecule has 0 bridgehead atoms. The molecular formula is C21H21NO5. The lowest BCUT2D eigenvalue weighted by atomic mass is 9.95. The van der Waals surface area contributed by atoms with E-state index < -0.39 is 17.7 Å². The highest BCUT2D eigenvalue weighted by molar-refractivity contribution is 6.46. The predicted octanol–water partition coefficient (Wildman–Crippen LogP) is 2.85. The molecule has 0 spiro atoms. The van der Waals surface area contributed by atoms with Crippen molar-refractivity contribution in [3.63, 3.8) is 0 Å². The van der Waals surface area contributed by atoms with Crippen LogP contribution in [0.15, 0.2) is 60.2 Å². The molecule has 1 aliphatic heterocycles. The molecule has 6 heteroatoms. The van der Waals surface area contributed by atoms with Crippen molar-refractivity contribution in [3.8, 4) is 5.75 Å². The summed E-state index contributed by atoms with van der Waals surface area (Å²) < 4.78 is 5.04. The van der Waals surface area contributed by atoms with E-state index in [1.54, 1.807) is 49.6 Å². The van der Waals surface area contributed by atoms with Gasteiger partial charge in [-0.2, -0.15) is 0 Å². The molecule has 1 heterocycles. The Labute approximate surface area is 157 Å². The molecule has 27 heavy (non-hydrogen) atoms. The van der Waals surface area contributed by atoms with Gasteiger partial charge in [0, 0.05) is 25.8 Å². The standard InChI is InChI=1S/C21H21NO5/c1-27-12-6-11-22-18(15-9-5-10-16(23)13-15)17(20(25)21(22)26)19(24)14-7-3-2-4-8-14/h2-5,7-10,13,18,23-24H,6,11-12H2,1H3/b19-17+/t18-/m1/s1. The fraction of sp³-hybridized carbons (Fsp3) is 0.238. The van der Waals surface area contributed by atoms with E-state index in [1.807, 2.05) is 0 Å². The van der Waals surface area contributed by atoms with Crippen molar-refractivity contribution >= 4 is 17.4 Å². The number of aliphatic hydroxyl groups excluding tert-OH is 1. The van der Waals surface area contributed by atoms with Crippen LogP contribution in [0.2, 0.25) is 0 Å². The number of Topliss-reactive ketones (excluding diaryl/α,β-unsaturated/α-hetero) is 1. The van der Waals surface area contributed by atoms with Gasteiger partial charge in [-0.1, -0.05) is 42.5 Å². The minimum atomic E-state index is -0.769. The summed E-state index contributed by atoms with van der Waals surface area (Å²) in [7, 11) is 1.57. The maximum Gasteiger partial charge on any atom is 0.295 e. The number of phenolic OH excluding ortho intramolecular Hbond substituents is 1. The number of hydrogen-bond donors (Lipinski definition) is 2. The van der Waals surface area contributed by atoms with Gasteiger partial charge in [0.05, 0.1) is 11.6 Å². The molecule has 1 fully saturated rings. The second kappa shape index (κ2) is 8.05. The van der Waals surface area contributed by atoms with Crippen molar-refractivity contribution in [2.75, 3.05) is 20.3 Å². The van der Waals surface area contributed by atoms with Gasteiger partial charge < -0.3 is 19.8 Å². The predicted molar refractivity (Wildman–Crippen MR) is 100 cm³/mol. The van der Waals surface area contributed by atoms with Crippen LogP contribution in [-0.2, 0) is 14.3 Å². The minimum absolute atomic E-state index is 0.0224. The number of amides is 1. The topological polar surface area (TPSA) is 87.1 Å². The third-order valence-corrected chi connectivity index (χ3v) is 4.52. The lowest BCUT2D eigenvalue weighted by Gasteiger charge is -2.25. The number of nitrogens with zero attached hydrogens (tertiary/aromatic N) is 1. The van der Waals surface area contributed by atoms with Crippen LogP contribution in [0, 0.1) is 0 Å². The number of carbonyl (C=O) groups excluding carboxylic acids is 2. The average Bonchev–Trinajstić information content (AvgIpc) is 2.93. The third kappa shape index (κ3) is 3.71. The lowest BCUT2D eigenvalue weighted by Crippen LogP contribution is -2.31. The van der Waals surface area contributed by atoms with Gasteiger partial charge in [-0.3, -0.25) is 9.59 Å². The Bertz CT molecular complexity index is 875. The Hall–Kier alpha value is -3.12. The molecule has 2 aromatic rings. The summed E-state index contributed by atoms with van der Waals surface area (Å²) in [5.74, 6) is -1.61. The number of phenols is 1. The van der Waals surface area contributed by atoms with Crippen LogP contribution in [0.3, 0.4) is 0 Å². The van der Waals surface area contributed by atoms with Gasteiger partial charge in [0.2, 0.25) is 0 Å². The zero-order valence-electron chi connectivity index (χ0n) is 15.0. The zero-order valence-corrected chi connectivity index (χ0v) is 15.0. The van der Waals surface area contributed by atoms with Crippen LogP contribution in [0.4, 0.5) is 0 Å². The fourth-order valence-corrected chi connectivity index (χ4v) is 3.28. The molecule has 1 aliphatic rings. The number of benzene rings is 2. The van der Waals surface area contributed by atoms with Crippen LogP contribution in [-0.4, -0.2) is 47.1 Å². The summed E-state index contributed by atoms with van der Waals surface area (Å²) in [6.07, 6.45) is 0.546. The summed E-state index contributed by atoms with van der Waals surface area (Å²) in [5.41, 5.74) is 1.04.